The molecule has 0 aliphatic heterocycles. The lowest BCUT2D eigenvalue weighted by Gasteiger charge is -2.11. The molecule has 0 unspecified atom stereocenters. The molecule has 0 aromatic heterocycles. The molecule has 19 heavy (non-hydrogen) atoms. The van der Waals surface area contributed by atoms with Crippen LogP contribution in [-0.4, -0.2) is 0 Å². The van der Waals surface area contributed by atoms with Gasteiger partial charge in [0, 0.05) is 4.47 Å². The maximum Gasteiger partial charge on any atom is 0.148 e. The Labute approximate surface area is 136 Å². The van der Waals surface area contributed by atoms with E-state index in [1.54, 1.807) is 12.1 Å². The van der Waals surface area contributed by atoms with Gasteiger partial charge in [0.25, 0.3) is 0 Å². The van der Waals surface area contributed by atoms with E-state index in [1.165, 1.54) is 0 Å². The van der Waals surface area contributed by atoms with Crippen LogP contribution in [0.3, 0.4) is 0 Å². The molecule has 0 fully saturated rings. The van der Waals surface area contributed by atoms with Crippen molar-refractivity contribution >= 4 is 47.8 Å². The zero-order valence-corrected chi connectivity index (χ0v) is 14.4. The number of nitrogens with zero attached hydrogens (tertiary/aromatic N) is 1. The molecule has 0 N–H and O–H groups in total. The van der Waals surface area contributed by atoms with E-state index in [-0.39, 0.29) is 0 Å². The number of hydrogen-bond donors (Lipinski definition) is 0. The lowest BCUT2D eigenvalue weighted by atomic mass is 10.2. The third kappa shape index (κ3) is 3.82. The Bertz CT molecular complexity index is 609. The fourth-order valence-electron chi connectivity index (χ4n) is 1.50. The van der Waals surface area contributed by atoms with Gasteiger partial charge < -0.3 is 4.74 Å². The fourth-order valence-corrected chi connectivity index (χ4v) is 3.99. The van der Waals surface area contributed by atoms with E-state index in [1.807, 2.05) is 24.3 Å². The minimum Gasteiger partial charge on any atom is -0.487 e. The first kappa shape index (κ1) is 14.6. The number of halogens is 3. The molecule has 0 saturated heterocycles. The zero-order valence-electron chi connectivity index (χ0n) is 9.66. The second-order valence-electron chi connectivity index (χ2n) is 3.80. The molecule has 0 atom stereocenters. The van der Waals surface area contributed by atoms with Crippen molar-refractivity contribution in [3.8, 4) is 11.8 Å². The fraction of sp³-hybridized carbons (Fsp3) is 0.0714. The summed E-state index contributed by atoms with van der Waals surface area (Å²) in [5.41, 5.74) is 1.66. The van der Waals surface area contributed by atoms with Gasteiger partial charge in [-0.25, -0.2) is 0 Å². The molecule has 96 valence electrons. The van der Waals surface area contributed by atoms with Crippen LogP contribution in [0.4, 0.5) is 0 Å². The van der Waals surface area contributed by atoms with Crippen molar-refractivity contribution in [1.82, 2.24) is 0 Å². The average molecular weight is 446 g/mol. The first-order valence-corrected chi connectivity index (χ1v) is 7.74. The van der Waals surface area contributed by atoms with Crippen LogP contribution in [0, 0.1) is 11.3 Å². The van der Waals surface area contributed by atoms with E-state index in [0.717, 1.165) is 24.7 Å². The van der Waals surface area contributed by atoms with E-state index < -0.39 is 0 Å². The molecule has 0 spiro atoms. The Kier molecular flexibility index (Phi) is 5.03. The second kappa shape index (κ2) is 6.56. The number of ether oxygens (including phenoxy) is 1. The molecule has 0 amide bonds. The molecule has 0 bridgehead atoms. The highest BCUT2D eigenvalue weighted by Gasteiger charge is 2.08. The van der Waals surface area contributed by atoms with Crippen LogP contribution >= 0.6 is 47.8 Å². The van der Waals surface area contributed by atoms with Crippen LogP contribution in [0.15, 0.2) is 49.8 Å². The predicted molar refractivity (Wildman–Crippen MR) is 85.0 cm³/mol. The summed E-state index contributed by atoms with van der Waals surface area (Å²) < 4.78 is 8.51. The molecule has 0 aliphatic carbocycles. The summed E-state index contributed by atoms with van der Waals surface area (Å²) >= 11 is 10.3. The van der Waals surface area contributed by atoms with Gasteiger partial charge >= 0.3 is 0 Å². The largest absolute Gasteiger partial charge is 0.487 e. The lowest BCUT2D eigenvalue weighted by Crippen LogP contribution is -1.97. The minimum absolute atomic E-state index is 0.449. The molecule has 0 aliphatic rings. The smallest absolute Gasteiger partial charge is 0.148 e. The summed E-state index contributed by atoms with van der Waals surface area (Å²) in [6.07, 6.45) is 0. The van der Waals surface area contributed by atoms with Crippen molar-refractivity contribution in [2.75, 3.05) is 0 Å². The molecule has 2 aromatic carbocycles. The van der Waals surface area contributed by atoms with Gasteiger partial charge in [-0.05, 0) is 61.7 Å². The van der Waals surface area contributed by atoms with E-state index >= 15 is 0 Å². The topological polar surface area (TPSA) is 33.0 Å². The summed E-state index contributed by atoms with van der Waals surface area (Å²) in [6, 6.07) is 13.3. The molecular weight excluding hydrogens is 438 g/mol. The van der Waals surface area contributed by atoms with Crippen molar-refractivity contribution in [2.45, 2.75) is 6.61 Å². The second-order valence-corrected chi connectivity index (χ2v) is 6.42. The van der Waals surface area contributed by atoms with Crippen LogP contribution in [-0.2, 0) is 6.61 Å². The van der Waals surface area contributed by atoms with Gasteiger partial charge in [-0.2, -0.15) is 5.26 Å². The Hall–Kier alpha value is -0.830. The van der Waals surface area contributed by atoms with E-state index in [4.69, 9.17) is 10.00 Å². The SMILES string of the molecule is N#Cc1ccc(COc2c(Br)cc(Br)cc2Br)cc1. The van der Waals surface area contributed by atoms with Crippen LogP contribution in [0.5, 0.6) is 5.75 Å². The van der Waals surface area contributed by atoms with E-state index in [9.17, 15) is 0 Å². The van der Waals surface area contributed by atoms with Gasteiger partial charge in [0.2, 0.25) is 0 Å². The summed E-state index contributed by atoms with van der Waals surface area (Å²) in [5.74, 6) is 0.757. The van der Waals surface area contributed by atoms with Gasteiger partial charge in [0.1, 0.15) is 12.4 Å². The van der Waals surface area contributed by atoms with Crippen molar-refractivity contribution in [3.05, 3.63) is 60.9 Å². The third-order valence-corrected chi connectivity index (χ3v) is 4.07. The van der Waals surface area contributed by atoms with Gasteiger partial charge in [-0.15, -0.1) is 0 Å². The minimum atomic E-state index is 0.449. The highest BCUT2D eigenvalue weighted by Crippen LogP contribution is 2.36. The molecule has 5 heteroatoms. The summed E-state index contributed by atoms with van der Waals surface area (Å²) in [7, 11) is 0. The van der Waals surface area contributed by atoms with Gasteiger partial charge in [-0.3, -0.25) is 0 Å². The lowest BCUT2D eigenvalue weighted by molar-refractivity contribution is 0.302. The first-order chi connectivity index (χ1) is 9.10. The molecule has 0 saturated carbocycles. The molecular formula is C14H8Br3NO. The van der Waals surface area contributed by atoms with Crippen molar-refractivity contribution in [3.63, 3.8) is 0 Å². The van der Waals surface area contributed by atoms with Crippen molar-refractivity contribution in [1.29, 1.82) is 5.26 Å². The summed E-state index contributed by atoms with van der Waals surface area (Å²) in [6.45, 7) is 0.449. The van der Waals surface area contributed by atoms with Gasteiger partial charge in [0.15, 0.2) is 0 Å². The molecule has 0 radical (unpaired) electrons. The highest BCUT2D eigenvalue weighted by atomic mass is 79.9. The Morgan fingerprint density at radius 1 is 1.00 bits per heavy atom. The van der Waals surface area contributed by atoms with E-state index in [2.05, 4.69) is 53.9 Å². The van der Waals surface area contributed by atoms with Gasteiger partial charge in [-0.1, -0.05) is 28.1 Å². The summed E-state index contributed by atoms with van der Waals surface area (Å²) in [5, 5.41) is 8.74. The van der Waals surface area contributed by atoms with Crippen molar-refractivity contribution in [2.24, 2.45) is 0 Å². The average Bonchev–Trinajstić information content (AvgIpc) is 2.38. The molecule has 0 heterocycles. The maximum atomic E-state index is 8.74. The normalized spacial score (nSPS) is 10.0. The first-order valence-electron chi connectivity index (χ1n) is 5.36. The van der Waals surface area contributed by atoms with Crippen LogP contribution in [0.2, 0.25) is 0 Å². The highest BCUT2D eigenvalue weighted by molar-refractivity contribution is 9.11. The maximum absolute atomic E-state index is 8.74. The third-order valence-electron chi connectivity index (χ3n) is 2.43. The standard InChI is InChI=1S/C14H8Br3NO/c15-11-5-12(16)14(13(17)6-11)19-8-10-3-1-9(7-18)2-4-10/h1-6H,8H2. The number of rotatable bonds is 3. The Morgan fingerprint density at radius 2 is 1.58 bits per heavy atom. The van der Waals surface area contributed by atoms with Crippen LogP contribution in [0.25, 0.3) is 0 Å². The Morgan fingerprint density at radius 3 is 2.11 bits per heavy atom. The Balaban J connectivity index is 2.12. The van der Waals surface area contributed by atoms with Crippen LogP contribution < -0.4 is 4.74 Å². The molecule has 2 nitrogen and oxygen atoms in total. The quantitative estimate of drug-likeness (QED) is 0.631. The van der Waals surface area contributed by atoms with Crippen LogP contribution in [0.1, 0.15) is 11.1 Å². The number of nitriles is 1. The molecule has 2 rings (SSSR count). The van der Waals surface area contributed by atoms with Gasteiger partial charge in [0.05, 0.1) is 20.6 Å². The summed E-state index contributed by atoms with van der Waals surface area (Å²) in [4.78, 5) is 0. The molecule has 2 aromatic rings. The van der Waals surface area contributed by atoms with Crippen molar-refractivity contribution < 1.29 is 4.74 Å². The zero-order chi connectivity index (χ0) is 13.8. The monoisotopic (exact) mass is 443 g/mol. The van der Waals surface area contributed by atoms with E-state index in [0.29, 0.717) is 12.2 Å². The number of benzene rings is 2. The number of hydrogen-bond acceptors (Lipinski definition) is 2. The predicted octanol–water partition coefficient (Wildman–Crippen LogP) is 5.42.